The van der Waals surface area contributed by atoms with Crippen molar-refractivity contribution in [1.29, 1.82) is 0 Å². The maximum Gasteiger partial charge on any atom is 0.305 e. The Morgan fingerprint density at radius 2 is 1.50 bits per heavy atom. The second-order valence-corrected chi connectivity index (χ2v) is 2.48. The van der Waals surface area contributed by atoms with E-state index in [0.717, 1.165) is 6.42 Å². The van der Waals surface area contributed by atoms with Crippen molar-refractivity contribution < 1.29 is 19.1 Å². The van der Waals surface area contributed by atoms with Gasteiger partial charge in [-0.3, -0.25) is 9.59 Å². The summed E-state index contributed by atoms with van der Waals surface area (Å²) in [6.07, 6.45) is 1.42. The lowest BCUT2D eigenvalue weighted by molar-refractivity contribution is -0.143. The molecule has 84 valence electrons. The van der Waals surface area contributed by atoms with Gasteiger partial charge in [-0.1, -0.05) is 6.92 Å². The van der Waals surface area contributed by atoms with Crippen LogP contribution in [0.5, 0.6) is 0 Å². The van der Waals surface area contributed by atoms with E-state index in [1.54, 1.807) is 6.92 Å². The summed E-state index contributed by atoms with van der Waals surface area (Å²) < 4.78 is 9.05. The Morgan fingerprint density at radius 3 is 1.71 bits per heavy atom. The van der Waals surface area contributed by atoms with Crippen LogP contribution in [0.15, 0.2) is 0 Å². The van der Waals surface area contributed by atoms with Crippen molar-refractivity contribution in [1.82, 2.24) is 0 Å². The van der Waals surface area contributed by atoms with Gasteiger partial charge in [-0.15, -0.1) is 0 Å². The van der Waals surface area contributed by atoms with E-state index < -0.39 is 0 Å². The third-order valence-electron chi connectivity index (χ3n) is 1.11. The molecule has 0 rings (SSSR count). The summed E-state index contributed by atoms with van der Waals surface area (Å²) in [5.41, 5.74) is 0. The highest BCUT2D eigenvalue weighted by molar-refractivity contribution is 5.69. The van der Waals surface area contributed by atoms with Gasteiger partial charge in [-0.25, -0.2) is 0 Å². The molecule has 0 unspecified atom stereocenters. The third-order valence-corrected chi connectivity index (χ3v) is 1.11. The average molecular weight is 204 g/mol. The van der Waals surface area contributed by atoms with Crippen molar-refractivity contribution in [3.63, 3.8) is 0 Å². The molecule has 0 aromatic rings. The maximum absolute atomic E-state index is 10.4. The lowest BCUT2D eigenvalue weighted by Crippen LogP contribution is -2.01. The summed E-state index contributed by atoms with van der Waals surface area (Å²) in [4.78, 5) is 20.2. The lowest BCUT2D eigenvalue weighted by atomic mass is 10.3. The molecule has 0 saturated carbocycles. The van der Waals surface area contributed by atoms with Crippen LogP contribution in [-0.2, 0) is 19.1 Å². The fraction of sp³-hybridized carbons (Fsp3) is 0.800. The number of carbonyl (C=O) groups excluding carboxylic acids is 2. The Morgan fingerprint density at radius 1 is 1.00 bits per heavy atom. The van der Waals surface area contributed by atoms with E-state index in [1.807, 2.05) is 13.8 Å². The van der Waals surface area contributed by atoms with Gasteiger partial charge in [-0.05, 0) is 20.3 Å². The second-order valence-electron chi connectivity index (χ2n) is 2.48. The summed E-state index contributed by atoms with van der Waals surface area (Å²) in [5, 5.41) is 0. The molecule has 0 aliphatic rings. The number of esters is 2. The Balaban J connectivity index is 0. The molecule has 0 fully saturated rings. The molecule has 0 spiro atoms. The average Bonchev–Trinajstić information content (AvgIpc) is 2.05. The first-order chi connectivity index (χ1) is 6.58. The van der Waals surface area contributed by atoms with Crippen LogP contribution in [0.2, 0.25) is 0 Å². The van der Waals surface area contributed by atoms with Crippen LogP contribution < -0.4 is 0 Å². The van der Waals surface area contributed by atoms with Crippen molar-refractivity contribution in [3.8, 4) is 0 Å². The normalized spacial score (nSPS) is 8.29. The van der Waals surface area contributed by atoms with Crippen molar-refractivity contribution in [2.75, 3.05) is 13.2 Å². The molecule has 4 heteroatoms. The molecule has 0 aliphatic carbocycles. The Labute approximate surface area is 85.6 Å². The molecule has 0 bridgehead atoms. The topological polar surface area (TPSA) is 52.6 Å². The van der Waals surface area contributed by atoms with Crippen molar-refractivity contribution >= 4 is 11.9 Å². The van der Waals surface area contributed by atoms with E-state index >= 15 is 0 Å². The van der Waals surface area contributed by atoms with E-state index in [9.17, 15) is 9.59 Å². The lowest BCUT2D eigenvalue weighted by Gasteiger charge is -1.96. The molecule has 0 atom stereocenters. The predicted molar refractivity (Wildman–Crippen MR) is 53.8 cm³/mol. The summed E-state index contributed by atoms with van der Waals surface area (Å²) in [7, 11) is 0. The van der Waals surface area contributed by atoms with Crippen LogP contribution in [0.25, 0.3) is 0 Å². The molecule has 0 N–H and O–H groups in total. The predicted octanol–water partition coefficient (Wildman–Crippen LogP) is 1.92. The molecule has 0 aromatic heterocycles. The first kappa shape index (κ1) is 15.4. The fourth-order valence-electron chi connectivity index (χ4n) is 0.641. The standard InChI is InChI=1S/C6H12O2.C4H8O2/c1-3-5-6(7)8-4-2;1-3-6-4(2)5/h3-5H2,1-2H3;3H2,1-2H3. The highest BCUT2D eigenvalue weighted by Gasteiger charge is 1.95. The van der Waals surface area contributed by atoms with E-state index in [-0.39, 0.29) is 11.9 Å². The number of carbonyl (C=O) groups is 2. The molecule has 0 aliphatic heterocycles. The van der Waals surface area contributed by atoms with Gasteiger partial charge in [0.25, 0.3) is 0 Å². The molecule has 0 radical (unpaired) electrons. The first-order valence-corrected chi connectivity index (χ1v) is 4.87. The van der Waals surface area contributed by atoms with E-state index in [0.29, 0.717) is 19.6 Å². The smallest absolute Gasteiger partial charge is 0.305 e. The van der Waals surface area contributed by atoms with Gasteiger partial charge >= 0.3 is 11.9 Å². The molecule has 0 aromatic carbocycles. The molecule has 14 heavy (non-hydrogen) atoms. The van der Waals surface area contributed by atoms with Crippen molar-refractivity contribution in [2.45, 2.75) is 40.5 Å². The monoisotopic (exact) mass is 204 g/mol. The van der Waals surface area contributed by atoms with E-state index in [4.69, 9.17) is 0 Å². The number of hydrogen-bond donors (Lipinski definition) is 0. The van der Waals surface area contributed by atoms with Crippen LogP contribution in [0.3, 0.4) is 0 Å². The Bertz CT molecular complexity index is 146. The molecular weight excluding hydrogens is 184 g/mol. The summed E-state index contributed by atoms with van der Waals surface area (Å²) in [6.45, 7) is 7.92. The van der Waals surface area contributed by atoms with Crippen molar-refractivity contribution in [2.24, 2.45) is 0 Å². The van der Waals surface area contributed by atoms with Crippen LogP contribution in [0, 0.1) is 0 Å². The fourth-order valence-corrected chi connectivity index (χ4v) is 0.641. The van der Waals surface area contributed by atoms with E-state index in [2.05, 4.69) is 9.47 Å². The second kappa shape index (κ2) is 11.9. The third kappa shape index (κ3) is 17.1. The zero-order chi connectivity index (χ0) is 11.4. The minimum Gasteiger partial charge on any atom is -0.466 e. The van der Waals surface area contributed by atoms with Gasteiger partial charge in [0, 0.05) is 13.3 Å². The van der Waals surface area contributed by atoms with Crippen LogP contribution in [0.1, 0.15) is 40.5 Å². The molecular formula is C10H20O4. The SMILES string of the molecule is CCCC(=O)OCC.CCOC(C)=O. The maximum atomic E-state index is 10.4. The Hall–Kier alpha value is -1.06. The summed E-state index contributed by atoms with van der Waals surface area (Å²) >= 11 is 0. The molecule has 0 saturated heterocycles. The van der Waals surface area contributed by atoms with Crippen molar-refractivity contribution in [3.05, 3.63) is 0 Å². The quantitative estimate of drug-likeness (QED) is 0.656. The molecule has 4 nitrogen and oxygen atoms in total. The minimum atomic E-state index is -0.211. The number of ether oxygens (including phenoxy) is 2. The molecule has 0 amide bonds. The summed E-state index contributed by atoms with van der Waals surface area (Å²) in [5.74, 6) is -0.299. The zero-order valence-corrected chi connectivity index (χ0v) is 9.46. The summed E-state index contributed by atoms with van der Waals surface area (Å²) in [6, 6.07) is 0. The van der Waals surface area contributed by atoms with Gasteiger partial charge < -0.3 is 9.47 Å². The van der Waals surface area contributed by atoms with E-state index in [1.165, 1.54) is 6.92 Å². The van der Waals surface area contributed by atoms with Gasteiger partial charge in [0.2, 0.25) is 0 Å². The largest absolute Gasteiger partial charge is 0.466 e. The Kier molecular flexibility index (Phi) is 13.1. The number of hydrogen-bond acceptors (Lipinski definition) is 4. The van der Waals surface area contributed by atoms with Gasteiger partial charge in [0.05, 0.1) is 13.2 Å². The van der Waals surface area contributed by atoms with Crippen LogP contribution in [0.4, 0.5) is 0 Å². The van der Waals surface area contributed by atoms with Gasteiger partial charge in [0.15, 0.2) is 0 Å². The molecule has 0 heterocycles. The highest BCUT2D eigenvalue weighted by Crippen LogP contribution is 1.89. The van der Waals surface area contributed by atoms with Crippen LogP contribution >= 0.6 is 0 Å². The minimum absolute atomic E-state index is 0.0880. The first-order valence-electron chi connectivity index (χ1n) is 4.87. The van der Waals surface area contributed by atoms with Gasteiger partial charge in [0.1, 0.15) is 0 Å². The van der Waals surface area contributed by atoms with Gasteiger partial charge in [-0.2, -0.15) is 0 Å². The highest BCUT2D eigenvalue weighted by atomic mass is 16.5. The number of rotatable bonds is 4. The zero-order valence-electron chi connectivity index (χ0n) is 9.46. The van der Waals surface area contributed by atoms with Crippen LogP contribution in [-0.4, -0.2) is 25.2 Å².